The molecule has 4 fully saturated rings. The topological polar surface area (TPSA) is 358 Å². The molecule has 0 aromatic heterocycles. The van der Waals surface area contributed by atoms with E-state index >= 15 is 0 Å². The number of fused-ring (bicyclic) bond motifs is 23. The fourth-order valence-corrected chi connectivity index (χ4v) is 24.8. The van der Waals surface area contributed by atoms with Crippen LogP contribution in [0.1, 0.15) is 157 Å². The van der Waals surface area contributed by atoms with Crippen molar-refractivity contribution in [2.24, 2.45) is 0 Å². The summed E-state index contributed by atoms with van der Waals surface area (Å²) >= 11 is 3.05. The Labute approximate surface area is 806 Å². The number of rotatable bonds is 30. The van der Waals surface area contributed by atoms with Crippen LogP contribution in [0.3, 0.4) is 0 Å². The van der Waals surface area contributed by atoms with Gasteiger partial charge < -0.3 is 96.6 Å². The molecule has 4 saturated heterocycles. The monoisotopic (exact) mass is 1910 g/mol. The largest absolute Gasteiger partial charge is 0.507 e. The summed E-state index contributed by atoms with van der Waals surface area (Å²) in [6, 6.07) is 34.3. The molecular formula is C104H120N8O23S2. The van der Waals surface area contributed by atoms with Crippen LogP contribution < -0.4 is 39.1 Å². The maximum absolute atomic E-state index is 14.7. The van der Waals surface area contributed by atoms with Crippen molar-refractivity contribution in [3.63, 3.8) is 0 Å². The molecule has 137 heavy (non-hydrogen) atoms. The van der Waals surface area contributed by atoms with Crippen LogP contribution in [0.2, 0.25) is 0 Å². The highest BCUT2D eigenvalue weighted by Gasteiger charge is 2.66. The van der Waals surface area contributed by atoms with E-state index in [-0.39, 0.29) is 104 Å². The zero-order valence-electron chi connectivity index (χ0n) is 80.2. The summed E-state index contributed by atoms with van der Waals surface area (Å²) in [7, 11) is 10.3. The van der Waals surface area contributed by atoms with Gasteiger partial charge in [-0.15, -0.1) is 0 Å². The summed E-state index contributed by atoms with van der Waals surface area (Å²) in [5.74, 6) is 3.10. The number of phenols is 1. The lowest BCUT2D eigenvalue weighted by Gasteiger charge is -2.62. The number of thioether (sulfide) groups is 2. The number of piperazine rings is 2. The Balaban J connectivity index is 0.000000190. The van der Waals surface area contributed by atoms with Gasteiger partial charge in [0.15, 0.2) is 71.0 Å². The number of ketones is 1. The smallest absolute Gasteiger partial charge is 0.408 e. The Kier molecular flexibility index (Phi) is 28.6. The number of alkyl carbamates (subject to hydrolysis) is 2. The van der Waals surface area contributed by atoms with Gasteiger partial charge >= 0.3 is 24.1 Å². The highest BCUT2D eigenvalue weighted by atomic mass is 32.2. The van der Waals surface area contributed by atoms with Gasteiger partial charge in [0, 0.05) is 119 Å². The number of nitrogens with zero attached hydrogens (tertiary/aromatic N) is 6. The van der Waals surface area contributed by atoms with Crippen LogP contribution in [-0.2, 0) is 81.0 Å². The first-order valence-corrected chi connectivity index (χ1v) is 48.7. The molecule has 7 aromatic rings. The summed E-state index contributed by atoms with van der Waals surface area (Å²) in [6.45, 7) is 18.1. The molecule has 3 aliphatic carbocycles. The molecule has 0 saturated carbocycles. The SMILES string of the molecule is COCCOCOc1c(OC)c(C)cc2c1[C@@H]1C3CC4(O)C(=O)C(C)=C5OCOC5=C4[C@H](COC(=O)[C@@H](CSCC4c5ccccc5-c5ccccc54)NC(=O)OC(C)(C)C)N3[C@@H](C#N)[C@H](C2)N1C.COCCOCOc1c(OC)c(C)cc2c1[C@@H]1C3Cc4c(O)c(C)c5c(c4[C@H](COC(=O)[C@@H](CSCC4c6ccccc6-c6ccccc64)NC(=O)OC(C)(C)C)N3[C@@H](C#N)[C@H](C2)N1C)OCO5. The number of nitriles is 2. The number of aliphatic hydroxyl groups is 1. The van der Waals surface area contributed by atoms with E-state index in [0.29, 0.717) is 108 Å². The molecule has 2 amide bonds. The molecule has 18 rings (SSSR count). The maximum atomic E-state index is 14.7. The fraction of sp³-hybridized carbons (Fsp3) is 0.490. The van der Waals surface area contributed by atoms with Crippen molar-refractivity contribution in [1.82, 2.24) is 30.2 Å². The number of carbonyl (C=O) groups is 5. The summed E-state index contributed by atoms with van der Waals surface area (Å²) in [5.41, 5.74) is 13.2. The number of amides is 2. The lowest BCUT2D eigenvalue weighted by atomic mass is 9.65. The van der Waals surface area contributed by atoms with Crippen molar-refractivity contribution < 1.29 is 110 Å². The average Bonchev–Trinajstić information content (AvgIpc) is 1.67. The van der Waals surface area contributed by atoms with Crippen LogP contribution in [0.5, 0.6) is 40.2 Å². The minimum atomic E-state index is -2.16. The minimum Gasteiger partial charge on any atom is -0.507 e. The van der Waals surface area contributed by atoms with E-state index in [4.69, 9.17) is 75.8 Å². The minimum absolute atomic E-state index is 0.0480. The van der Waals surface area contributed by atoms with Crippen LogP contribution in [-0.4, -0.2) is 263 Å². The molecule has 3 unspecified atom stereocenters. The van der Waals surface area contributed by atoms with E-state index in [1.165, 1.54) is 56.3 Å². The molecule has 0 radical (unpaired) electrons. The van der Waals surface area contributed by atoms with E-state index in [9.17, 15) is 44.7 Å². The molecule has 4 bridgehead atoms. The van der Waals surface area contributed by atoms with Gasteiger partial charge in [-0.3, -0.25) is 24.4 Å². The van der Waals surface area contributed by atoms with Crippen LogP contribution in [0.15, 0.2) is 132 Å². The molecule has 726 valence electrons. The average molecular weight is 1910 g/mol. The van der Waals surface area contributed by atoms with Gasteiger partial charge in [0.25, 0.3) is 0 Å². The first kappa shape index (κ1) is 97.3. The van der Waals surface area contributed by atoms with Gasteiger partial charge in [0.05, 0.1) is 77.0 Å². The molecule has 7 aromatic carbocycles. The van der Waals surface area contributed by atoms with Gasteiger partial charge in [-0.25, -0.2) is 19.2 Å². The summed E-state index contributed by atoms with van der Waals surface area (Å²) in [6.07, 6.45) is -0.408. The van der Waals surface area contributed by atoms with Gasteiger partial charge in [0.2, 0.25) is 13.6 Å². The van der Waals surface area contributed by atoms with Crippen LogP contribution in [0.25, 0.3) is 22.3 Å². The van der Waals surface area contributed by atoms with E-state index in [0.717, 1.165) is 33.4 Å². The summed E-state index contributed by atoms with van der Waals surface area (Å²) in [5, 5.41) is 53.2. The number of methoxy groups -OCH3 is 4. The van der Waals surface area contributed by atoms with Crippen molar-refractivity contribution in [2.75, 3.05) is 132 Å². The molecule has 33 heteroatoms. The third kappa shape index (κ3) is 18.4. The van der Waals surface area contributed by atoms with Crippen molar-refractivity contribution in [3.05, 3.63) is 204 Å². The number of aryl methyl sites for hydroxylation is 2. The number of likely N-dealkylation sites (N-methyl/N-ethyl adjacent to an activating group) is 2. The number of esters is 2. The lowest BCUT2D eigenvalue weighted by molar-refractivity contribution is -0.159. The van der Waals surface area contributed by atoms with Gasteiger partial charge in [0.1, 0.15) is 54.3 Å². The third-order valence-electron chi connectivity index (χ3n) is 28.0. The van der Waals surface area contributed by atoms with Crippen molar-refractivity contribution in [2.45, 2.75) is 196 Å². The summed E-state index contributed by atoms with van der Waals surface area (Å²) in [4.78, 5) is 79.3. The highest BCUT2D eigenvalue weighted by molar-refractivity contribution is 7.99. The van der Waals surface area contributed by atoms with Crippen LogP contribution in [0.4, 0.5) is 9.59 Å². The zero-order valence-corrected chi connectivity index (χ0v) is 81.8. The first-order valence-electron chi connectivity index (χ1n) is 46.4. The standard InChI is InChI=1S/C52H60N4O12S.C52H60N4O11S/c1-28-19-30-20-37-39(22-53)56-38(43(55(37)6)41(30)46(44(28)62-8)65-26-63-18-17-61-7)21-52(60)42(47-45(66-27-67-47)29(2)48(52)57)40(56)23-64-49(58)36(54-50(59)68-51(3,4)5)25-69-24-35-33-15-11-9-13-31(33)32-14-10-12-16-34(32)35;1-28-19-30-20-38-40(22-53)56-39(44(55(38)6)42(30)48(46(28)61-8)64-26-62-18-17-60-7)21-35-43(49-47(65-27-66-49)29(2)45(35)57)41(56)23-63-50(58)37(54-51(59)67-52(3,4)5)25-68-24-36-33-15-11-9-13-31(33)32-14-10-12-16-34(32)36/h9-16,19,35-40,43,60H,17-18,20-21,23-27H2,1-8H3,(H,54,59);9-16,19,36-41,44,57H,17-18,20-21,23-27H2,1-8H3,(H,54,59)/t36-,37+,38?,39+,40+,43+,52?;37-,38+,39?,40+,41+,44+/m11/s1. The molecule has 31 nitrogen and oxygen atoms in total. The zero-order chi connectivity index (χ0) is 97.0. The quantitative estimate of drug-likeness (QED) is 0.0141. The normalized spacial score (nSPS) is 23.4. The number of carbonyl (C=O) groups excluding carboxylic acids is 5. The predicted octanol–water partition coefficient (Wildman–Crippen LogP) is 13.6. The molecule has 8 aliphatic heterocycles. The van der Waals surface area contributed by atoms with E-state index in [2.05, 4.69) is 92.1 Å². The number of piperidine rings is 1. The number of hydrogen-bond acceptors (Lipinski definition) is 31. The molecule has 8 heterocycles. The number of Topliss-reactive ketones (excluding diaryl/α,β-unsaturated/α-hetero) is 1. The molecular weight excluding hydrogens is 1790 g/mol. The lowest BCUT2D eigenvalue weighted by Crippen LogP contribution is -2.74. The van der Waals surface area contributed by atoms with Crippen LogP contribution in [0, 0.1) is 43.4 Å². The molecule has 0 spiro atoms. The molecule has 11 aliphatic rings. The number of benzene rings is 7. The van der Waals surface area contributed by atoms with Crippen molar-refractivity contribution >= 4 is 53.4 Å². The third-order valence-corrected chi connectivity index (χ3v) is 30.3. The number of nitrogens with one attached hydrogen (secondary N) is 2. The van der Waals surface area contributed by atoms with Crippen molar-refractivity contribution in [3.8, 4) is 74.6 Å². The van der Waals surface area contributed by atoms with Gasteiger partial charge in [-0.2, -0.15) is 34.0 Å². The number of aromatic hydroxyl groups is 1. The Morgan fingerprint density at radius 2 is 0.971 bits per heavy atom. The predicted molar refractivity (Wildman–Crippen MR) is 509 cm³/mol. The number of phenolic OH excluding ortho intramolecular Hbond substituents is 1. The molecule has 4 N–H and O–H groups in total. The second-order valence-corrected chi connectivity index (χ2v) is 40.5. The molecule has 13 atom stereocenters. The van der Waals surface area contributed by atoms with Gasteiger partial charge in [-0.05, 0) is 169 Å². The van der Waals surface area contributed by atoms with Gasteiger partial charge in [-0.1, -0.05) is 109 Å². The van der Waals surface area contributed by atoms with E-state index in [1.807, 2.05) is 87.4 Å². The second-order valence-electron chi connectivity index (χ2n) is 38.4. The van der Waals surface area contributed by atoms with E-state index in [1.54, 1.807) is 95.6 Å². The Morgan fingerprint density at radius 3 is 1.42 bits per heavy atom. The number of ether oxygens (including phenoxy) is 16. The van der Waals surface area contributed by atoms with Crippen LogP contribution >= 0.6 is 23.5 Å². The Bertz CT molecular complexity index is 5890. The summed E-state index contributed by atoms with van der Waals surface area (Å²) < 4.78 is 94.9. The Morgan fingerprint density at radius 1 is 0.547 bits per heavy atom. The van der Waals surface area contributed by atoms with Crippen molar-refractivity contribution in [1.29, 1.82) is 10.5 Å². The Hall–Kier alpha value is -11.3. The first-order chi connectivity index (χ1) is 65.9. The maximum Gasteiger partial charge on any atom is 0.408 e. The number of hydrogen-bond donors (Lipinski definition) is 4. The fourth-order valence-electron chi connectivity index (χ4n) is 22.4. The van der Waals surface area contributed by atoms with E-state index < -0.39 is 114 Å². The second kappa shape index (κ2) is 40.3. The highest BCUT2D eigenvalue weighted by Crippen LogP contribution is 2.62.